The zero-order chi connectivity index (χ0) is 13.0. The number of aryl methyl sites for hydroxylation is 1. The molecule has 0 fully saturated rings. The number of halogens is 1. The Morgan fingerprint density at radius 1 is 1.22 bits per heavy atom. The van der Waals surface area contributed by atoms with Crippen molar-refractivity contribution in [2.24, 2.45) is 0 Å². The monoisotopic (exact) mass is 263 g/mol. The van der Waals surface area contributed by atoms with Crippen molar-refractivity contribution in [3.63, 3.8) is 0 Å². The van der Waals surface area contributed by atoms with E-state index in [2.05, 4.69) is 36.1 Å². The summed E-state index contributed by atoms with van der Waals surface area (Å²) in [7, 11) is 0. The average Bonchev–Trinajstić information content (AvgIpc) is 2.85. The van der Waals surface area contributed by atoms with Gasteiger partial charge in [-0.2, -0.15) is 5.10 Å². The van der Waals surface area contributed by atoms with E-state index in [4.69, 9.17) is 11.6 Å². The molecule has 1 unspecified atom stereocenters. The SMILES string of the molecule is CC(C)n1ncnc1CCC(Cl)c1ccccc1. The number of rotatable bonds is 5. The number of hydrogen-bond donors (Lipinski definition) is 0. The summed E-state index contributed by atoms with van der Waals surface area (Å²) >= 11 is 6.40. The van der Waals surface area contributed by atoms with E-state index in [1.165, 1.54) is 0 Å². The third-order valence-electron chi connectivity index (χ3n) is 2.92. The molecule has 2 aromatic rings. The van der Waals surface area contributed by atoms with Gasteiger partial charge in [0.05, 0.1) is 5.38 Å². The van der Waals surface area contributed by atoms with Gasteiger partial charge in [0.15, 0.2) is 0 Å². The van der Waals surface area contributed by atoms with Gasteiger partial charge in [0.25, 0.3) is 0 Å². The van der Waals surface area contributed by atoms with Crippen LogP contribution in [0, 0.1) is 0 Å². The van der Waals surface area contributed by atoms with Crippen LogP contribution >= 0.6 is 11.6 Å². The Morgan fingerprint density at radius 3 is 2.61 bits per heavy atom. The lowest BCUT2D eigenvalue weighted by molar-refractivity contribution is 0.500. The Balaban J connectivity index is 1.97. The third-order valence-corrected chi connectivity index (χ3v) is 3.39. The maximum absolute atomic E-state index is 6.40. The van der Waals surface area contributed by atoms with Crippen LogP contribution in [0.2, 0.25) is 0 Å². The van der Waals surface area contributed by atoms with Crippen molar-refractivity contribution in [3.05, 3.63) is 48.0 Å². The Kier molecular flexibility index (Phi) is 4.37. The zero-order valence-electron chi connectivity index (χ0n) is 10.8. The van der Waals surface area contributed by atoms with Crippen LogP contribution in [0.25, 0.3) is 0 Å². The minimum Gasteiger partial charge on any atom is -0.248 e. The first-order valence-corrected chi connectivity index (χ1v) is 6.69. The molecule has 0 saturated heterocycles. The standard InChI is InChI=1S/C14H18ClN3/c1-11(2)18-14(16-10-17-18)9-8-13(15)12-6-4-3-5-7-12/h3-7,10-11,13H,8-9H2,1-2H3. The van der Waals surface area contributed by atoms with Gasteiger partial charge in [-0.25, -0.2) is 9.67 Å². The Hall–Kier alpha value is -1.35. The van der Waals surface area contributed by atoms with E-state index in [1.54, 1.807) is 6.33 Å². The lowest BCUT2D eigenvalue weighted by Gasteiger charge is -2.12. The predicted molar refractivity (Wildman–Crippen MR) is 73.8 cm³/mol. The molecule has 0 aliphatic heterocycles. The molecular formula is C14H18ClN3. The summed E-state index contributed by atoms with van der Waals surface area (Å²) in [6.07, 6.45) is 3.33. The van der Waals surface area contributed by atoms with Crippen LogP contribution in [-0.4, -0.2) is 14.8 Å². The van der Waals surface area contributed by atoms with Gasteiger partial charge in [-0.05, 0) is 25.8 Å². The fraction of sp³-hybridized carbons (Fsp3) is 0.429. The zero-order valence-corrected chi connectivity index (χ0v) is 11.5. The highest BCUT2D eigenvalue weighted by Gasteiger charge is 2.12. The number of benzene rings is 1. The van der Waals surface area contributed by atoms with Crippen LogP contribution < -0.4 is 0 Å². The second-order valence-electron chi connectivity index (χ2n) is 4.63. The van der Waals surface area contributed by atoms with Crippen LogP contribution in [0.15, 0.2) is 36.7 Å². The Morgan fingerprint density at radius 2 is 1.94 bits per heavy atom. The van der Waals surface area contributed by atoms with Crippen molar-refractivity contribution < 1.29 is 0 Å². The van der Waals surface area contributed by atoms with Crippen LogP contribution in [0.5, 0.6) is 0 Å². The molecule has 1 atom stereocenters. The van der Waals surface area contributed by atoms with E-state index in [1.807, 2.05) is 22.9 Å². The van der Waals surface area contributed by atoms with Gasteiger partial charge in [0.1, 0.15) is 12.2 Å². The van der Waals surface area contributed by atoms with E-state index in [0.29, 0.717) is 6.04 Å². The summed E-state index contributed by atoms with van der Waals surface area (Å²) in [6, 6.07) is 10.5. The van der Waals surface area contributed by atoms with Crippen molar-refractivity contribution in [1.29, 1.82) is 0 Å². The molecule has 0 aliphatic carbocycles. The quantitative estimate of drug-likeness (QED) is 0.769. The second kappa shape index (κ2) is 6.01. The molecule has 0 bridgehead atoms. The van der Waals surface area contributed by atoms with Crippen molar-refractivity contribution in [1.82, 2.24) is 14.8 Å². The minimum absolute atomic E-state index is 0.0310. The van der Waals surface area contributed by atoms with Crippen molar-refractivity contribution >= 4 is 11.6 Å². The first kappa shape index (κ1) is 13.1. The van der Waals surface area contributed by atoms with Crippen LogP contribution in [0.3, 0.4) is 0 Å². The molecule has 1 aromatic heterocycles. The molecule has 0 N–H and O–H groups in total. The fourth-order valence-corrected chi connectivity index (χ4v) is 2.22. The summed E-state index contributed by atoms with van der Waals surface area (Å²) in [5, 5.41) is 4.26. The molecule has 0 amide bonds. The first-order valence-electron chi connectivity index (χ1n) is 6.26. The van der Waals surface area contributed by atoms with E-state index < -0.39 is 0 Å². The van der Waals surface area contributed by atoms with Gasteiger partial charge in [0, 0.05) is 12.5 Å². The van der Waals surface area contributed by atoms with E-state index >= 15 is 0 Å². The molecule has 0 saturated carbocycles. The average molecular weight is 264 g/mol. The highest BCUT2D eigenvalue weighted by Crippen LogP contribution is 2.25. The van der Waals surface area contributed by atoms with Crippen LogP contribution in [0.4, 0.5) is 0 Å². The smallest absolute Gasteiger partial charge is 0.138 e. The topological polar surface area (TPSA) is 30.7 Å². The summed E-state index contributed by atoms with van der Waals surface area (Å²) in [5.74, 6) is 1.01. The third kappa shape index (κ3) is 3.10. The summed E-state index contributed by atoms with van der Waals surface area (Å²) in [6.45, 7) is 4.21. The summed E-state index contributed by atoms with van der Waals surface area (Å²) in [5.41, 5.74) is 1.16. The first-order chi connectivity index (χ1) is 8.68. The van der Waals surface area contributed by atoms with Crippen molar-refractivity contribution in [2.45, 2.75) is 38.1 Å². The maximum atomic E-state index is 6.40. The molecule has 0 radical (unpaired) electrons. The van der Waals surface area contributed by atoms with E-state index in [-0.39, 0.29) is 5.38 Å². The van der Waals surface area contributed by atoms with Gasteiger partial charge in [-0.3, -0.25) is 0 Å². The van der Waals surface area contributed by atoms with E-state index in [0.717, 1.165) is 24.2 Å². The maximum Gasteiger partial charge on any atom is 0.138 e. The molecule has 4 heteroatoms. The molecule has 18 heavy (non-hydrogen) atoms. The Labute approximate surface area is 113 Å². The number of aromatic nitrogens is 3. The number of nitrogens with zero attached hydrogens (tertiary/aromatic N) is 3. The van der Waals surface area contributed by atoms with Gasteiger partial charge in [0.2, 0.25) is 0 Å². The molecule has 1 aromatic carbocycles. The number of alkyl halides is 1. The molecule has 1 heterocycles. The molecule has 2 rings (SSSR count). The largest absolute Gasteiger partial charge is 0.248 e. The van der Waals surface area contributed by atoms with Crippen LogP contribution in [0.1, 0.15) is 43.1 Å². The van der Waals surface area contributed by atoms with Gasteiger partial charge >= 0.3 is 0 Å². The summed E-state index contributed by atoms with van der Waals surface area (Å²) in [4.78, 5) is 4.30. The highest BCUT2D eigenvalue weighted by atomic mass is 35.5. The fourth-order valence-electron chi connectivity index (χ4n) is 1.97. The molecule has 3 nitrogen and oxygen atoms in total. The molecular weight excluding hydrogens is 246 g/mol. The van der Waals surface area contributed by atoms with Gasteiger partial charge in [-0.1, -0.05) is 30.3 Å². The minimum atomic E-state index is 0.0310. The lowest BCUT2D eigenvalue weighted by Crippen LogP contribution is -2.09. The normalized spacial score (nSPS) is 12.9. The van der Waals surface area contributed by atoms with Gasteiger partial charge in [-0.15, -0.1) is 11.6 Å². The number of hydrogen-bond acceptors (Lipinski definition) is 2. The second-order valence-corrected chi connectivity index (χ2v) is 5.16. The molecule has 96 valence electrons. The van der Waals surface area contributed by atoms with Crippen molar-refractivity contribution in [2.75, 3.05) is 0 Å². The molecule has 0 spiro atoms. The lowest BCUT2D eigenvalue weighted by atomic mass is 10.1. The van der Waals surface area contributed by atoms with E-state index in [9.17, 15) is 0 Å². The molecule has 0 aliphatic rings. The van der Waals surface area contributed by atoms with Crippen LogP contribution in [-0.2, 0) is 6.42 Å². The highest BCUT2D eigenvalue weighted by molar-refractivity contribution is 6.20. The van der Waals surface area contributed by atoms with Crippen molar-refractivity contribution in [3.8, 4) is 0 Å². The predicted octanol–water partition coefficient (Wildman–Crippen LogP) is 3.77. The Bertz CT molecular complexity index is 479. The summed E-state index contributed by atoms with van der Waals surface area (Å²) < 4.78 is 1.95. The van der Waals surface area contributed by atoms with Gasteiger partial charge < -0.3 is 0 Å².